The third kappa shape index (κ3) is 2.34. The minimum atomic E-state index is -0.240. The van der Waals surface area contributed by atoms with Gasteiger partial charge in [0.15, 0.2) is 12.7 Å². The number of benzene rings is 2. The van der Waals surface area contributed by atoms with Crippen molar-refractivity contribution in [2.24, 2.45) is 0 Å². The Morgan fingerprint density at radius 3 is 2.46 bits per heavy atom. The van der Waals surface area contributed by atoms with Gasteiger partial charge in [-0.2, -0.15) is 4.57 Å². The normalized spacial score (nSPS) is 11.3. The Morgan fingerprint density at radius 2 is 1.65 bits per heavy atom. The third-order valence-corrected chi connectivity index (χ3v) is 4.76. The molecule has 2 aromatic carbocycles. The number of nitrogens with zero attached hydrogens (tertiary/aromatic N) is 2. The summed E-state index contributed by atoms with van der Waals surface area (Å²) in [4.78, 5) is 12.5. The monoisotopic (exact) mass is 364 g/mol. The molecule has 0 spiro atoms. The van der Waals surface area contributed by atoms with Gasteiger partial charge in [-0.25, -0.2) is 4.39 Å². The summed E-state index contributed by atoms with van der Waals surface area (Å²) in [6, 6.07) is 20.0. The van der Waals surface area contributed by atoms with Crippen molar-refractivity contribution in [3.63, 3.8) is 0 Å². The molecule has 3 heterocycles. The number of rotatable bonds is 2. The van der Waals surface area contributed by atoms with Crippen LogP contribution in [0.3, 0.4) is 0 Å². The van der Waals surface area contributed by atoms with E-state index in [0.717, 1.165) is 32.9 Å². The molecule has 5 rings (SSSR count). The maximum Gasteiger partial charge on any atom is 0.256 e. The zero-order chi connectivity index (χ0) is 17.0. The number of aromatic nitrogens is 2. The fourth-order valence-corrected chi connectivity index (χ4v) is 3.62. The van der Waals surface area contributed by atoms with Crippen LogP contribution in [0.1, 0.15) is 5.56 Å². The number of fused-ring (bicyclic) bond motifs is 3. The average molecular weight is 365 g/mol. The van der Waals surface area contributed by atoms with E-state index in [-0.39, 0.29) is 23.8 Å². The van der Waals surface area contributed by atoms with E-state index in [1.165, 1.54) is 12.1 Å². The molecule has 0 aliphatic rings. The molecule has 0 bridgehead atoms. The zero-order valence-corrected chi connectivity index (χ0v) is 14.4. The van der Waals surface area contributed by atoms with Gasteiger partial charge >= 0.3 is 0 Å². The molecule has 0 N–H and O–H groups in total. The predicted octanol–water partition coefficient (Wildman–Crippen LogP) is 0.523. The lowest BCUT2D eigenvalue weighted by Crippen LogP contribution is -3.00. The Balaban J connectivity index is 0.00000168. The van der Waals surface area contributed by atoms with Crippen LogP contribution in [-0.2, 0) is 6.54 Å². The number of para-hydroxylation sites is 1. The Labute approximate surface area is 154 Å². The van der Waals surface area contributed by atoms with Crippen LogP contribution in [0.15, 0.2) is 77.7 Å². The van der Waals surface area contributed by atoms with Crippen LogP contribution >= 0.6 is 0 Å². The van der Waals surface area contributed by atoms with Gasteiger partial charge in [-0.05, 0) is 30.3 Å². The first kappa shape index (κ1) is 16.5. The van der Waals surface area contributed by atoms with Crippen molar-refractivity contribution in [3.8, 4) is 0 Å². The molecule has 5 heteroatoms. The van der Waals surface area contributed by atoms with Gasteiger partial charge in [-0.1, -0.05) is 18.2 Å². The maximum atomic E-state index is 13.1. The van der Waals surface area contributed by atoms with Gasteiger partial charge in [0.05, 0.1) is 5.52 Å². The number of halogens is 2. The van der Waals surface area contributed by atoms with E-state index in [1.54, 1.807) is 22.6 Å². The van der Waals surface area contributed by atoms with Gasteiger partial charge in [0, 0.05) is 34.5 Å². The number of hydrogen-bond donors (Lipinski definition) is 0. The fraction of sp³-hybridized carbons (Fsp3) is 0.0476. The summed E-state index contributed by atoms with van der Waals surface area (Å²) < 4.78 is 17.0. The van der Waals surface area contributed by atoms with Crippen LogP contribution in [0.4, 0.5) is 4.39 Å². The molecule has 0 amide bonds. The van der Waals surface area contributed by atoms with Gasteiger partial charge in [0.2, 0.25) is 5.52 Å². The Morgan fingerprint density at radius 1 is 0.885 bits per heavy atom. The van der Waals surface area contributed by atoms with Crippen LogP contribution in [0.25, 0.3) is 27.3 Å². The summed E-state index contributed by atoms with van der Waals surface area (Å²) in [6.07, 6.45) is 2.03. The Kier molecular flexibility index (Phi) is 3.85. The van der Waals surface area contributed by atoms with Crippen molar-refractivity contribution in [2.75, 3.05) is 0 Å². The van der Waals surface area contributed by atoms with Gasteiger partial charge < -0.3 is 12.4 Å². The summed E-state index contributed by atoms with van der Waals surface area (Å²) in [5.41, 5.74) is 3.82. The van der Waals surface area contributed by atoms with E-state index in [2.05, 4.69) is 4.57 Å². The molecule has 0 aliphatic carbocycles. The minimum absolute atomic E-state index is 0. The number of hydrogen-bond acceptors (Lipinski definition) is 1. The fourth-order valence-electron chi connectivity index (χ4n) is 3.62. The molecule has 5 aromatic rings. The van der Waals surface area contributed by atoms with E-state index in [4.69, 9.17) is 0 Å². The second kappa shape index (κ2) is 6.07. The summed E-state index contributed by atoms with van der Waals surface area (Å²) >= 11 is 0. The molecule has 0 aliphatic heterocycles. The van der Waals surface area contributed by atoms with Gasteiger partial charge in [0.25, 0.3) is 5.56 Å². The highest BCUT2D eigenvalue weighted by Crippen LogP contribution is 2.28. The first-order chi connectivity index (χ1) is 12.2. The SMILES string of the molecule is O=c1ccc2c3c(cc[n+]2Cc2ccc(F)cc2)c2ccccc2n13.[Cl-]. The quantitative estimate of drug-likeness (QED) is 0.419. The van der Waals surface area contributed by atoms with Crippen LogP contribution in [0, 0.1) is 5.82 Å². The molecular formula is C21H14ClFN2O. The first-order valence-corrected chi connectivity index (χ1v) is 8.15. The van der Waals surface area contributed by atoms with Crippen LogP contribution in [-0.4, -0.2) is 4.40 Å². The predicted molar refractivity (Wildman–Crippen MR) is 95.6 cm³/mol. The molecular weight excluding hydrogens is 351 g/mol. The largest absolute Gasteiger partial charge is 1.00 e. The summed E-state index contributed by atoms with van der Waals surface area (Å²) in [5.74, 6) is -0.240. The van der Waals surface area contributed by atoms with E-state index >= 15 is 0 Å². The van der Waals surface area contributed by atoms with E-state index in [9.17, 15) is 9.18 Å². The highest BCUT2D eigenvalue weighted by Gasteiger charge is 2.19. The minimum Gasteiger partial charge on any atom is -1.00 e. The lowest BCUT2D eigenvalue weighted by atomic mass is 10.1. The second-order valence-corrected chi connectivity index (χ2v) is 6.24. The van der Waals surface area contributed by atoms with Crippen molar-refractivity contribution >= 4 is 27.3 Å². The smallest absolute Gasteiger partial charge is 0.256 e. The molecule has 0 unspecified atom stereocenters. The van der Waals surface area contributed by atoms with Crippen LogP contribution in [0.2, 0.25) is 0 Å². The summed E-state index contributed by atoms with van der Waals surface area (Å²) in [7, 11) is 0. The van der Waals surface area contributed by atoms with Crippen molar-refractivity contribution in [1.82, 2.24) is 4.40 Å². The van der Waals surface area contributed by atoms with Crippen molar-refractivity contribution in [1.29, 1.82) is 0 Å². The number of pyridine rings is 2. The molecule has 3 aromatic heterocycles. The average Bonchev–Trinajstić information content (AvgIpc) is 2.97. The Hall–Kier alpha value is -2.98. The van der Waals surface area contributed by atoms with Crippen LogP contribution < -0.4 is 22.5 Å². The molecule has 26 heavy (non-hydrogen) atoms. The second-order valence-electron chi connectivity index (χ2n) is 6.24. The maximum absolute atomic E-state index is 13.1. The van der Waals surface area contributed by atoms with E-state index in [1.807, 2.05) is 42.6 Å². The first-order valence-electron chi connectivity index (χ1n) is 8.15. The lowest BCUT2D eigenvalue weighted by Gasteiger charge is -2.03. The highest BCUT2D eigenvalue weighted by molar-refractivity contribution is 6.11. The van der Waals surface area contributed by atoms with E-state index in [0.29, 0.717) is 6.54 Å². The molecule has 0 atom stereocenters. The van der Waals surface area contributed by atoms with Crippen LogP contribution in [0.5, 0.6) is 0 Å². The summed E-state index contributed by atoms with van der Waals surface area (Å²) in [5, 5.41) is 2.14. The molecule has 0 radical (unpaired) electrons. The van der Waals surface area contributed by atoms with Gasteiger partial charge in [0.1, 0.15) is 11.3 Å². The van der Waals surface area contributed by atoms with Gasteiger partial charge in [-0.3, -0.25) is 9.20 Å². The zero-order valence-electron chi connectivity index (χ0n) is 13.7. The Bertz CT molecular complexity index is 1300. The molecule has 128 valence electrons. The standard InChI is InChI=1S/C21H14FN2O.ClH/c22-15-7-5-14(6-8-15)13-23-12-11-17-16-3-1-2-4-18(16)24-20(25)10-9-19(23)21(17)24;/h1-12H,13H2;1H/q+1;/p-1. The molecule has 3 nitrogen and oxygen atoms in total. The topological polar surface area (TPSA) is 25.4 Å². The molecule has 0 saturated carbocycles. The molecule has 0 saturated heterocycles. The van der Waals surface area contributed by atoms with E-state index < -0.39 is 0 Å². The lowest BCUT2D eigenvalue weighted by molar-refractivity contribution is -0.662. The van der Waals surface area contributed by atoms with Crippen molar-refractivity contribution < 1.29 is 21.4 Å². The molecule has 0 fully saturated rings. The summed E-state index contributed by atoms with van der Waals surface area (Å²) in [6.45, 7) is 0.617. The van der Waals surface area contributed by atoms with Crippen molar-refractivity contribution in [2.45, 2.75) is 6.54 Å². The van der Waals surface area contributed by atoms with Gasteiger partial charge in [-0.15, -0.1) is 0 Å². The highest BCUT2D eigenvalue weighted by atomic mass is 35.5. The van der Waals surface area contributed by atoms with Crippen molar-refractivity contribution in [3.05, 3.63) is 94.7 Å². The third-order valence-electron chi connectivity index (χ3n) is 4.76.